The number of carbonyl (C=O) groups is 1. The first-order valence-corrected chi connectivity index (χ1v) is 12.3. The largest absolute Gasteiger partial charge is 0.481 e. The smallest absolute Gasteiger partial charge is 0.313 e. The summed E-state index contributed by atoms with van der Waals surface area (Å²) in [6.45, 7) is 4.15. The van der Waals surface area contributed by atoms with Gasteiger partial charge in [0.25, 0.3) is 0 Å². The average Bonchev–Trinajstić information content (AvgIpc) is 3.48. The Kier molecular flexibility index (Phi) is 6.27. The second kappa shape index (κ2) is 9.54. The Morgan fingerprint density at radius 3 is 2.75 bits per heavy atom. The highest BCUT2D eigenvalue weighted by atomic mass is 32.2. The van der Waals surface area contributed by atoms with Crippen molar-refractivity contribution in [2.45, 2.75) is 24.8 Å². The summed E-state index contributed by atoms with van der Waals surface area (Å²) in [4.78, 5) is 20.7. The molecule has 3 aromatic heterocycles. The van der Waals surface area contributed by atoms with Crippen molar-refractivity contribution in [2.24, 2.45) is 0 Å². The van der Waals surface area contributed by atoms with Gasteiger partial charge < -0.3 is 24.7 Å². The van der Waals surface area contributed by atoms with E-state index in [0.717, 1.165) is 39.2 Å². The minimum atomic E-state index is -0.957. The molecule has 8 nitrogen and oxygen atoms in total. The zero-order chi connectivity index (χ0) is 25.4. The number of carboxylic acid groups (broad SMARTS) is 1. The van der Waals surface area contributed by atoms with E-state index in [1.807, 2.05) is 18.2 Å². The topological polar surface area (TPSA) is 105 Å². The average molecular weight is 506 g/mol. The van der Waals surface area contributed by atoms with Gasteiger partial charge in [-0.3, -0.25) is 4.79 Å². The summed E-state index contributed by atoms with van der Waals surface area (Å²) >= 11 is 1.05. The zero-order valence-corrected chi connectivity index (χ0v) is 20.7. The Morgan fingerprint density at radius 2 is 2.03 bits per heavy atom. The second-order valence-electron chi connectivity index (χ2n) is 8.51. The van der Waals surface area contributed by atoms with Crippen molar-refractivity contribution in [3.63, 3.8) is 0 Å². The van der Waals surface area contributed by atoms with Crippen LogP contribution in [-0.2, 0) is 4.79 Å². The molecule has 2 aromatic carbocycles. The van der Waals surface area contributed by atoms with E-state index >= 15 is 0 Å². The van der Waals surface area contributed by atoms with Crippen molar-refractivity contribution >= 4 is 57.2 Å². The van der Waals surface area contributed by atoms with E-state index in [4.69, 9.17) is 14.5 Å². The quantitative estimate of drug-likeness (QED) is 0.205. The fourth-order valence-electron chi connectivity index (χ4n) is 4.08. The zero-order valence-electron chi connectivity index (χ0n) is 19.9. The molecule has 36 heavy (non-hydrogen) atoms. The first-order chi connectivity index (χ1) is 17.3. The van der Waals surface area contributed by atoms with Crippen LogP contribution >= 0.6 is 11.8 Å². The molecule has 184 valence electrons. The lowest BCUT2D eigenvalue weighted by Gasteiger charge is -2.13. The fraction of sp³-hybridized carbons (Fsp3) is 0.192. The molecule has 0 aliphatic rings. The van der Waals surface area contributed by atoms with Crippen LogP contribution in [0.4, 0.5) is 21.8 Å². The third-order valence-corrected chi connectivity index (χ3v) is 6.76. The number of benzene rings is 2. The second-order valence-corrected chi connectivity index (χ2v) is 9.56. The highest BCUT2D eigenvalue weighted by molar-refractivity contribution is 8.00. The lowest BCUT2D eigenvalue weighted by atomic mass is 10.0. The van der Waals surface area contributed by atoms with E-state index in [1.165, 1.54) is 6.07 Å². The fourth-order valence-corrected chi connectivity index (χ4v) is 4.73. The van der Waals surface area contributed by atoms with Gasteiger partial charge in [0.15, 0.2) is 0 Å². The number of hydrogen-bond acceptors (Lipinski definition) is 7. The number of thioether (sulfide) groups is 1. The summed E-state index contributed by atoms with van der Waals surface area (Å²) in [5, 5.41) is 16.9. The van der Waals surface area contributed by atoms with Crippen molar-refractivity contribution in [2.75, 3.05) is 23.4 Å². The first kappa shape index (κ1) is 23.7. The number of carboxylic acids is 1. The molecule has 0 aliphatic heterocycles. The van der Waals surface area contributed by atoms with Gasteiger partial charge in [0.05, 0.1) is 23.1 Å². The van der Waals surface area contributed by atoms with E-state index in [0.29, 0.717) is 16.4 Å². The van der Waals surface area contributed by atoms with Crippen molar-refractivity contribution in [3.05, 3.63) is 60.7 Å². The molecular formula is C26H24FN5O3S. The molecule has 3 N–H and O–H groups in total. The van der Waals surface area contributed by atoms with Crippen LogP contribution in [0.3, 0.4) is 0 Å². The van der Waals surface area contributed by atoms with E-state index in [2.05, 4.69) is 46.3 Å². The number of hydrogen-bond donors (Lipinski definition) is 3. The summed E-state index contributed by atoms with van der Waals surface area (Å²) in [6.07, 6.45) is 3.73. The third kappa shape index (κ3) is 4.47. The Morgan fingerprint density at radius 1 is 1.19 bits per heavy atom. The number of anilines is 3. The number of halogens is 1. The summed E-state index contributed by atoms with van der Waals surface area (Å²) in [5.41, 5.74) is 3.71. The van der Waals surface area contributed by atoms with Gasteiger partial charge in [-0.25, -0.2) is 4.39 Å². The van der Waals surface area contributed by atoms with E-state index < -0.39 is 11.8 Å². The van der Waals surface area contributed by atoms with Crippen LogP contribution in [0.25, 0.3) is 33.1 Å². The Balaban J connectivity index is 1.57. The van der Waals surface area contributed by atoms with E-state index in [-0.39, 0.29) is 23.4 Å². The molecule has 0 unspecified atom stereocenters. The van der Waals surface area contributed by atoms with Crippen LogP contribution in [0.2, 0.25) is 0 Å². The molecule has 0 bridgehead atoms. The predicted octanol–water partition coefficient (Wildman–Crippen LogP) is 6.53. The number of aliphatic carboxylic acids is 1. The SMILES string of the molecule is CNc1nc(Nc2ccc(SCC(=O)O)cc2F)nc2c1c(-c1ccc3occc3c1)cn2C(C)C. The predicted molar refractivity (Wildman–Crippen MR) is 141 cm³/mol. The van der Waals surface area contributed by atoms with Crippen molar-refractivity contribution in [1.29, 1.82) is 0 Å². The molecule has 0 aliphatic carbocycles. The summed E-state index contributed by atoms with van der Waals surface area (Å²) < 4.78 is 22.3. The molecule has 0 saturated heterocycles. The van der Waals surface area contributed by atoms with Crippen molar-refractivity contribution in [3.8, 4) is 11.1 Å². The Bertz CT molecular complexity index is 1590. The van der Waals surface area contributed by atoms with Gasteiger partial charge in [-0.05, 0) is 55.8 Å². The molecule has 0 spiro atoms. The maximum absolute atomic E-state index is 14.8. The summed E-state index contributed by atoms with van der Waals surface area (Å²) in [7, 11) is 1.79. The van der Waals surface area contributed by atoms with Crippen LogP contribution in [0.15, 0.2) is 64.2 Å². The van der Waals surface area contributed by atoms with Crippen LogP contribution in [0, 0.1) is 5.82 Å². The maximum Gasteiger partial charge on any atom is 0.313 e. The lowest BCUT2D eigenvalue weighted by molar-refractivity contribution is -0.133. The van der Waals surface area contributed by atoms with Crippen molar-refractivity contribution < 1.29 is 18.7 Å². The lowest BCUT2D eigenvalue weighted by Crippen LogP contribution is -2.06. The molecule has 0 saturated carbocycles. The number of nitrogens with one attached hydrogen (secondary N) is 2. The van der Waals surface area contributed by atoms with E-state index in [9.17, 15) is 9.18 Å². The molecule has 5 aromatic rings. The van der Waals surface area contributed by atoms with Gasteiger partial charge in [-0.1, -0.05) is 6.07 Å². The maximum atomic E-state index is 14.8. The van der Waals surface area contributed by atoms with Gasteiger partial charge in [0, 0.05) is 35.1 Å². The number of rotatable bonds is 8. The van der Waals surface area contributed by atoms with Crippen LogP contribution in [-0.4, -0.2) is 38.4 Å². The van der Waals surface area contributed by atoms with Gasteiger partial charge in [-0.2, -0.15) is 9.97 Å². The molecule has 5 rings (SSSR count). The number of furan rings is 1. The Labute approximate surface area is 210 Å². The highest BCUT2D eigenvalue weighted by Gasteiger charge is 2.20. The Hall–Kier alpha value is -4.05. The molecular weight excluding hydrogens is 481 g/mol. The summed E-state index contributed by atoms with van der Waals surface area (Å²) in [6, 6.07) is 12.6. The van der Waals surface area contributed by atoms with Gasteiger partial charge in [0.1, 0.15) is 22.9 Å². The summed E-state index contributed by atoms with van der Waals surface area (Å²) in [5.74, 6) is -0.763. The van der Waals surface area contributed by atoms with Gasteiger partial charge in [-0.15, -0.1) is 11.8 Å². The van der Waals surface area contributed by atoms with Crippen LogP contribution < -0.4 is 10.6 Å². The van der Waals surface area contributed by atoms with Gasteiger partial charge in [0.2, 0.25) is 5.95 Å². The van der Waals surface area contributed by atoms with Crippen LogP contribution in [0.5, 0.6) is 0 Å². The number of aromatic nitrogens is 3. The standard InChI is InChI=1S/C26H24FN5O3S/c1-14(2)32-12-18(15-4-7-21-16(10-15)8-9-35-21)23-24(28-3)30-26(31-25(23)32)29-20-6-5-17(11-19(20)27)36-13-22(33)34/h4-12,14H,13H2,1-3H3,(H,33,34)(H2,28,29,30,31). The van der Waals surface area contributed by atoms with Gasteiger partial charge >= 0.3 is 5.97 Å². The van der Waals surface area contributed by atoms with Crippen LogP contribution in [0.1, 0.15) is 19.9 Å². The minimum Gasteiger partial charge on any atom is -0.481 e. The molecule has 0 fully saturated rings. The van der Waals surface area contributed by atoms with Crippen molar-refractivity contribution in [1.82, 2.24) is 14.5 Å². The monoisotopic (exact) mass is 505 g/mol. The van der Waals surface area contributed by atoms with E-state index in [1.54, 1.807) is 25.4 Å². The minimum absolute atomic E-state index is 0.119. The molecule has 0 amide bonds. The third-order valence-electron chi connectivity index (χ3n) is 5.78. The number of fused-ring (bicyclic) bond motifs is 2. The molecule has 0 atom stereocenters. The molecule has 3 heterocycles. The number of nitrogens with zero attached hydrogens (tertiary/aromatic N) is 3. The first-order valence-electron chi connectivity index (χ1n) is 11.3. The molecule has 10 heteroatoms. The molecule has 0 radical (unpaired) electrons. The highest BCUT2D eigenvalue weighted by Crippen LogP contribution is 2.38. The normalized spacial score (nSPS) is 11.5.